The molecular weight excluding hydrogens is 188 g/mol. The van der Waals surface area contributed by atoms with Crippen molar-refractivity contribution in [2.45, 2.75) is 0 Å². The molecule has 1 heterocycles. The fourth-order valence-corrected chi connectivity index (χ4v) is 1.69. The topological polar surface area (TPSA) is 49.4 Å². The van der Waals surface area contributed by atoms with E-state index >= 15 is 0 Å². The van der Waals surface area contributed by atoms with Gasteiger partial charge in [-0.25, -0.2) is 0 Å². The molecule has 5 heteroatoms. The van der Waals surface area contributed by atoms with Crippen molar-refractivity contribution < 1.29 is 14.6 Å². The number of aromatic carboxylic acids is 1. The third-order valence-electron chi connectivity index (χ3n) is 1.13. The van der Waals surface area contributed by atoms with E-state index in [1.807, 2.05) is 0 Å². The highest BCUT2D eigenvalue weighted by atomic mass is 35.5. The van der Waals surface area contributed by atoms with E-state index in [0.717, 1.165) is 11.3 Å². The summed E-state index contributed by atoms with van der Waals surface area (Å²) in [4.78, 5) is 10.4. The summed E-state index contributed by atoms with van der Waals surface area (Å²) in [7, 11) is 1.36. The summed E-state index contributed by atoms with van der Waals surface area (Å²) >= 11 is 6.70. The van der Waals surface area contributed by atoms with Crippen LogP contribution in [0.3, 0.4) is 0 Å². The van der Waals surface area contributed by atoms with E-state index in [2.05, 4.69) is 0 Å². The van der Waals surface area contributed by atoms with Gasteiger partial charge in [-0.05, 0) is 0 Å². The molecule has 0 aliphatic carbocycles. The van der Waals surface area contributed by atoms with Crippen molar-refractivity contribution in [1.29, 1.82) is 0 Å². The highest BCUT2D eigenvalue weighted by Gasteiger charge is 2.10. The second-order valence-electron chi connectivity index (χ2n) is 1.74. The van der Waals surface area contributed by atoms with Crippen molar-refractivity contribution in [2.75, 3.05) is 7.11 Å². The third kappa shape index (κ3) is 1.46. The van der Waals surface area contributed by atoms with E-state index in [0.29, 0.717) is 4.34 Å². The number of hydrogen-bond acceptors (Lipinski definition) is 4. The van der Waals surface area contributed by atoms with Crippen LogP contribution in [0.1, 0.15) is 10.4 Å². The van der Waals surface area contributed by atoms with Crippen LogP contribution in [0, 0.1) is 0 Å². The van der Waals surface area contributed by atoms with Gasteiger partial charge < -0.3 is 14.6 Å². The van der Waals surface area contributed by atoms with Crippen molar-refractivity contribution in [3.8, 4) is 5.75 Å². The number of rotatable bonds is 2. The van der Waals surface area contributed by atoms with Gasteiger partial charge in [0.15, 0.2) is 5.75 Å². The van der Waals surface area contributed by atoms with E-state index in [9.17, 15) is 9.90 Å². The van der Waals surface area contributed by atoms with Gasteiger partial charge in [-0.2, -0.15) is 0 Å². The van der Waals surface area contributed by atoms with Crippen LogP contribution >= 0.6 is 22.9 Å². The molecule has 60 valence electrons. The Kier molecular flexibility index (Phi) is 2.36. The summed E-state index contributed by atoms with van der Waals surface area (Å²) in [5.74, 6) is -1.10. The molecule has 1 rings (SSSR count). The minimum absolute atomic E-state index is 0.00231. The Balaban J connectivity index is 3.15. The number of carbonyl (C=O) groups is 1. The molecule has 0 spiro atoms. The number of carbonyl (C=O) groups excluding carboxylic acids is 1. The Bertz CT molecular complexity index is 281. The van der Waals surface area contributed by atoms with E-state index in [1.165, 1.54) is 12.5 Å². The maximum atomic E-state index is 10.4. The van der Waals surface area contributed by atoms with Gasteiger partial charge in [0, 0.05) is 5.38 Å². The molecule has 0 saturated carbocycles. The zero-order valence-corrected chi connectivity index (χ0v) is 7.16. The molecule has 11 heavy (non-hydrogen) atoms. The third-order valence-corrected chi connectivity index (χ3v) is 2.31. The number of thiophene rings is 1. The first-order valence-electron chi connectivity index (χ1n) is 2.69. The minimum atomic E-state index is -1.27. The molecule has 1 aromatic heterocycles. The Morgan fingerprint density at radius 3 is 2.82 bits per heavy atom. The highest BCUT2D eigenvalue weighted by Crippen LogP contribution is 2.34. The van der Waals surface area contributed by atoms with Crippen molar-refractivity contribution in [2.24, 2.45) is 0 Å². The second-order valence-corrected chi connectivity index (χ2v) is 3.23. The molecule has 0 fully saturated rings. The van der Waals surface area contributed by atoms with Crippen LogP contribution in [-0.4, -0.2) is 13.1 Å². The first kappa shape index (κ1) is 8.36. The largest absolute Gasteiger partial charge is 0.545 e. The molecule has 0 N–H and O–H groups in total. The first-order valence-corrected chi connectivity index (χ1v) is 3.95. The van der Waals surface area contributed by atoms with Crippen LogP contribution < -0.4 is 9.84 Å². The summed E-state index contributed by atoms with van der Waals surface area (Å²) in [5, 5.41) is 11.7. The Hall–Kier alpha value is -0.740. The SMILES string of the molecule is COc1c(C(=O)[O-])csc1Cl. The van der Waals surface area contributed by atoms with Gasteiger partial charge in [0.05, 0.1) is 18.6 Å². The standard InChI is InChI=1S/C6H5ClO3S/c1-10-4-3(6(8)9)2-11-5(4)7/h2H,1H3,(H,8,9)/p-1. The fraction of sp³-hybridized carbons (Fsp3) is 0.167. The molecule has 3 nitrogen and oxygen atoms in total. The van der Waals surface area contributed by atoms with Gasteiger partial charge in [-0.1, -0.05) is 11.6 Å². The molecule has 0 radical (unpaired) electrons. The maximum absolute atomic E-state index is 10.4. The number of ether oxygens (including phenoxy) is 1. The zero-order chi connectivity index (χ0) is 8.43. The molecule has 0 atom stereocenters. The van der Waals surface area contributed by atoms with Crippen LogP contribution in [-0.2, 0) is 0 Å². The highest BCUT2D eigenvalue weighted by molar-refractivity contribution is 7.15. The number of halogens is 1. The number of hydrogen-bond donors (Lipinski definition) is 0. The maximum Gasteiger partial charge on any atom is 0.157 e. The molecule has 0 amide bonds. The molecule has 0 unspecified atom stereocenters. The Morgan fingerprint density at radius 1 is 1.82 bits per heavy atom. The van der Waals surface area contributed by atoms with Gasteiger partial charge in [0.25, 0.3) is 0 Å². The van der Waals surface area contributed by atoms with Gasteiger partial charge in [-0.3, -0.25) is 0 Å². The molecule has 0 saturated heterocycles. The number of methoxy groups -OCH3 is 1. The molecule has 0 aromatic carbocycles. The Labute approximate surface area is 72.2 Å². The summed E-state index contributed by atoms with van der Waals surface area (Å²) in [6.45, 7) is 0. The summed E-state index contributed by atoms with van der Waals surface area (Å²) < 4.78 is 5.06. The molecular formula is C6H4ClO3S-. The van der Waals surface area contributed by atoms with Crippen molar-refractivity contribution in [3.63, 3.8) is 0 Å². The lowest BCUT2D eigenvalue weighted by atomic mass is 10.3. The predicted molar refractivity (Wildman–Crippen MR) is 40.2 cm³/mol. The zero-order valence-electron chi connectivity index (χ0n) is 5.59. The normalized spacial score (nSPS) is 9.64. The number of carboxylic acid groups (broad SMARTS) is 1. The van der Waals surface area contributed by atoms with Gasteiger partial charge in [0.1, 0.15) is 4.34 Å². The average molecular weight is 192 g/mol. The Morgan fingerprint density at radius 2 is 2.45 bits per heavy atom. The molecule has 1 aromatic rings. The van der Waals surface area contributed by atoms with Crippen LogP contribution in [0.15, 0.2) is 5.38 Å². The number of carboxylic acids is 1. The van der Waals surface area contributed by atoms with Gasteiger partial charge in [0.2, 0.25) is 0 Å². The quantitative estimate of drug-likeness (QED) is 0.694. The van der Waals surface area contributed by atoms with Crippen LogP contribution in [0.4, 0.5) is 0 Å². The van der Waals surface area contributed by atoms with E-state index in [4.69, 9.17) is 16.3 Å². The predicted octanol–water partition coefficient (Wildman–Crippen LogP) is 0.774. The minimum Gasteiger partial charge on any atom is -0.545 e. The summed E-state index contributed by atoms with van der Waals surface area (Å²) in [6.07, 6.45) is 0. The second kappa shape index (κ2) is 3.11. The summed E-state index contributed by atoms with van der Waals surface area (Å²) in [5.41, 5.74) is 0.00231. The first-order chi connectivity index (χ1) is 5.16. The molecule has 0 aliphatic heterocycles. The van der Waals surface area contributed by atoms with Crippen molar-refractivity contribution >= 4 is 28.9 Å². The molecule has 0 bridgehead atoms. The lowest BCUT2D eigenvalue weighted by Gasteiger charge is -2.02. The van der Waals surface area contributed by atoms with E-state index < -0.39 is 5.97 Å². The van der Waals surface area contributed by atoms with E-state index in [1.54, 1.807) is 0 Å². The van der Waals surface area contributed by atoms with Gasteiger partial charge >= 0.3 is 0 Å². The van der Waals surface area contributed by atoms with Crippen LogP contribution in [0.5, 0.6) is 5.75 Å². The van der Waals surface area contributed by atoms with Crippen molar-refractivity contribution in [3.05, 3.63) is 15.3 Å². The monoisotopic (exact) mass is 191 g/mol. The fourth-order valence-electron chi connectivity index (χ4n) is 0.655. The van der Waals surface area contributed by atoms with Crippen LogP contribution in [0.25, 0.3) is 0 Å². The lowest BCUT2D eigenvalue weighted by molar-refractivity contribution is -0.255. The molecule has 0 aliphatic rings. The lowest BCUT2D eigenvalue weighted by Crippen LogP contribution is -2.22. The summed E-state index contributed by atoms with van der Waals surface area (Å²) in [6, 6.07) is 0. The van der Waals surface area contributed by atoms with Crippen LogP contribution in [0.2, 0.25) is 4.34 Å². The smallest absolute Gasteiger partial charge is 0.157 e. The average Bonchev–Trinajstić information content (AvgIpc) is 2.30. The van der Waals surface area contributed by atoms with E-state index in [-0.39, 0.29) is 11.3 Å². The van der Waals surface area contributed by atoms with Crippen molar-refractivity contribution in [1.82, 2.24) is 0 Å². The van der Waals surface area contributed by atoms with Gasteiger partial charge in [-0.15, -0.1) is 11.3 Å².